The normalized spacial score (nSPS) is 18.5. The SMILES string of the molecule is CC(=O)[O-].[Ca+][CH]1CCCCC1. The molecule has 0 unspecified atom stereocenters. The van der Waals surface area contributed by atoms with Crippen LogP contribution in [0.4, 0.5) is 0 Å². The van der Waals surface area contributed by atoms with Crippen LogP contribution in [0.25, 0.3) is 0 Å². The molecule has 60 valence electrons. The molecule has 0 heterocycles. The summed E-state index contributed by atoms with van der Waals surface area (Å²) in [5, 5.41) is 8.89. The van der Waals surface area contributed by atoms with Gasteiger partial charge in [0.15, 0.2) is 0 Å². The summed E-state index contributed by atoms with van der Waals surface area (Å²) < 4.78 is 1.16. The minimum absolute atomic E-state index is 0.972. The van der Waals surface area contributed by atoms with Crippen LogP contribution < -0.4 is 5.11 Å². The molecule has 0 aromatic carbocycles. The molecule has 2 nitrogen and oxygen atoms in total. The maximum atomic E-state index is 8.89. The number of carboxylic acids is 1. The summed E-state index contributed by atoms with van der Waals surface area (Å²) >= 11 is 1.54. The van der Waals surface area contributed by atoms with Crippen molar-refractivity contribution in [1.29, 1.82) is 0 Å². The summed E-state index contributed by atoms with van der Waals surface area (Å²) in [6.45, 7) is 0.972. The van der Waals surface area contributed by atoms with E-state index in [1.165, 1.54) is 19.3 Å². The van der Waals surface area contributed by atoms with Crippen molar-refractivity contribution in [1.82, 2.24) is 0 Å². The molecular formula is C8H14CaO2. The Morgan fingerprint density at radius 2 is 1.73 bits per heavy atom. The van der Waals surface area contributed by atoms with E-state index in [0.29, 0.717) is 0 Å². The molecule has 1 rings (SSSR count). The van der Waals surface area contributed by atoms with E-state index < -0.39 is 5.97 Å². The van der Waals surface area contributed by atoms with Gasteiger partial charge in [0.25, 0.3) is 0 Å². The summed E-state index contributed by atoms with van der Waals surface area (Å²) in [6, 6.07) is 0. The molecule has 1 aliphatic rings. The first kappa shape index (κ1) is 11.7. The van der Waals surface area contributed by atoms with Gasteiger partial charge in [-0.25, -0.2) is 0 Å². The first-order chi connectivity index (χ1) is 5.13. The topological polar surface area (TPSA) is 40.1 Å². The van der Waals surface area contributed by atoms with Crippen LogP contribution >= 0.6 is 0 Å². The van der Waals surface area contributed by atoms with Gasteiger partial charge in [0.2, 0.25) is 0 Å². The van der Waals surface area contributed by atoms with Crippen LogP contribution in [0, 0.1) is 0 Å². The van der Waals surface area contributed by atoms with Gasteiger partial charge in [0.05, 0.1) is 0 Å². The van der Waals surface area contributed by atoms with Crippen molar-refractivity contribution in [2.24, 2.45) is 0 Å². The van der Waals surface area contributed by atoms with Crippen LogP contribution in [-0.4, -0.2) is 41.8 Å². The van der Waals surface area contributed by atoms with Gasteiger partial charge in [-0.2, -0.15) is 0 Å². The molecule has 0 aromatic rings. The first-order valence-corrected chi connectivity index (χ1v) is 5.41. The maximum absolute atomic E-state index is 8.89. The van der Waals surface area contributed by atoms with Crippen molar-refractivity contribution < 1.29 is 9.90 Å². The van der Waals surface area contributed by atoms with E-state index in [-0.39, 0.29) is 0 Å². The van der Waals surface area contributed by atoms with Crippen LogP contribution in [0.1, 0.15) is 39.0 Å². The van der Waals surface area contributed by atoms with Crippen molar-refractivity contribution >= 4 is 41.8 Å². The molecule has 0 N–H and O–H groups in total. The van der Waals surface area contributed by atoms with Gasteiger partial charge in [0.1, 0.15) is 0 Å². The second-order valence-electron chi connectivity index (χ2n) is 3.00. The van der Waals surface area contributed by atoms with E-state index in [2.05, 4.69) is 0 Å². The Hall–Kier alpha value is 0.730. The molecule has 0 bridgehead atoms. The van der Waals surface area contributed by atoms with Crippen LogP contribution in [0.5, 0.6) is 0 Å². The fraction of sp³-hybridized carbons (Fsp3) is 0.875. The third-order valence-corrected chi connectivity index (χ3v) is 3.00. The van der Waals surface area contributed by atoms with Crippen molar-refractivity contribution in [3.8, 4) is 0 Å². The average Bonchev–Trinajstić information content (AvgIpc) is 1.87. The van der Waals surface area contributed by atoms with Crippen molar-refractivity contribution in [3.63, 3.8) is 0 Å². The Labute approximate surface area is 92.0 Å². The van der Waals surface area contributed by atoms with Gasteiger partial charge in [-0.1, -0.05) is 0 Å². The van der Waals surface area contributed by atoms with Gasteiger partial charge in [0, 0.05) is 5.97 Å². The standard InChI is InChI=1S/C6H11.C2H4O2.Ca/c1-2-4-6-5-3-1;1-2(3)4;/h1H,2-6H2;1H3,(H,3,4);/q;;+1/p-1. The molecule has 3 heteroatoms. The summed E-state index contributed by atoms with van der Waals surface area (Å²) in [5.41, 5.74) is 0. The average molecular weight is 182 g/mol. The van der Waals surface area contributed by atoms with E-state index in [0.717, 1.165) is 8.94 Å². The Kier molecular flexibility index (Phi) is 7.87. The molecule has 0 amide bonds. The predicted molar refractivity (Wildman–Crippen MR) is 43.3 cm³/mol. The van der Waals surface area contributed by atoms with Crippen LogP contribution in [0.15, 0.2) is 0 Å². The third-order valence-electron chi connectivity index (χ3n) is 1.72. The quantitative estimate of drug-likeness (QED) is 0.516. The first-order valence-electron chi connectivity index (χ1n) is 4.13. The van der Waals surface area contributed by atoms with E-state index in [1.807, 2.05) is 0 Å². The molecule has 0 aliphatic heterocycles. The molecule has 0 saturated heterocycles. The van der Waals surface area contributed by atoms with Gasteiger partial charge in [-0.3, -0.25) is 0 Å². The van der Waals surface area contributed by atoms with Crippen LogP contribution in [-0.2, 0) is 4.79 Å². The molecule has 1 aliphatic carbocycles. The number of carboxylic acid groups (broad SMARTS) is 1. The summed E-state index contributed by atoms with van der Waals surface area (Å²) in [4.78, 5) is 8.89. The molecule has 1 saturated carbocycles. The predicted octanol–water partition coefficient (Wildman–Crippen LogP) is 0.664. The van der Waals surface area contributed by atoms with E-state index in [1.54, 1.807) is 48.6 Å². The Balaban J connectivity index is 0.000000218. The Morgan fingerprint density at radius 3 is 1.91 bits per heavy atom. The number of rotatable bonds is 0. The summed E-state index contributed by atoms with van der Waals surface area (Å²) in [6.07, 6.45) is 7.63. The van der Waals surface area contributed by atoms with Crippen LogP contribution in [0.3, 0.4) is 0 Å². The fourth-order valence-corrected chi connectivity index (χ4v) is 2.09. The zero-order valence-corrected chi connectivity index (χ0v) is 9.34. The summed E-state index contributed by atoms with van der Waals surface area (Å²) in [7, 11) is 0. The zero-order chi connectivity index (χ0) is 8.69. The number of carbonyl (C=O) groups excluding carboxylic acids is 1. The van der Waals surface area contributed by atoms with Gasteiger partial charge in [-0.05, 0) is 6.92 Å². The molecule has 0 radical (unpaired) electrons. The zero-order valence-electron chi connectivity index (χ0n) is 7.14. The molecule has 1 fully saturated rings. The van der Waals surface area contributed by atoms with E-state index in [4.69, 9.17) is 9.90 Å². The van der Waals surface area contributed by atoms with Crippen molar-refractivity contribution in [2.75, 3.05) is 0 Å². The molecule has 11 heavy (non-hydrogen) atoms. The number of carbonyl (C=O) groups is 1. The van der Waals surface area contributed by atoms with Gasteiger partial charge in [-0.15, -0.1) is 0 Å². The Bertz CT molecular complexity index is 105. The monoisotopic (exact) mass is 182 g/mol. The number of hydrogen-bond acceptors (Lipinski definition) is 2. The minimum atomic E-state index is -1.08. The van der Waals surface area contributed by atoms with Gasteiger partial charge < -0.3 is 9.90 Å². The van der Waals surface area contributed by atoms with Crippen molar-refractivity contribution in [3.05, 3.63) is 0 Å². The van der Waals surface area contributed by atoms with Gasteiger partial charge >= 0.3 is 69.9 Å². The fourth-order valence-electron chi connectivity index (χ4n) is 1.19. The molecule has 0 aromatic heterocycles. The molecular weight excluding hydrogens is 168 g/mol. The second kappa shape index (κ2) is 7.38. The van der Waals surface area contributed by atoms with E-state index >= 15 is 0 Å². The second-order valence-corrected chi connectivity index (χ2v) is 4.80. The number of aliphatic carboxylic acids is 1. The van der Waals surface area contributed by atoms with E-state index in [9.17, 15) is 0 Å². The molecule has 0 atom stereocenters. The number of hydrogen-bond donors (Lipinski definition) is 0. The van der Waals surface area contributed by atoms with Crippen LogP contribution in [0.2, 0.25) is 2.01 Å². The Morgan fingerprint density at radius 1 is 1.36 bits per heavy atom. The molecule has 0 spiro atoms. The van der Waals surface area contributed by atoms with Crippen molar-refractivity contribution in [2.45, 2.75) is 41.0 Å². The third kappa shape index (κ3) is 10.7. The summed E-state index contributed by atoms with van der Waals surface area (Å²) in [5.74, 6) is -1.08.